The van der Waals surface area contributed by atoms with Gasteiger partial charge >= 0.3 is 6.18 Å². The minimum atomic E-state index is -4.26. The fourth-order valence-electron chi connectivity index (χ4n) is 3.97. The quantitative estimate of drug-likeness (QED) is 0.595. The van der Waals surface area contributed by atoms with Gasteiger partial charge in [-0.05, 0) is 69.3 Å². The number of hydrogen-bond donors (Lipinski definition) is 0. The first-order chi connectivity index (χ1) is 12.9. The summed E-state index contributed by atoms with van der Waals surface area (Å²) in [6.45, 7) is 4.15. The molecule has 0 amide bonds. The van der Waals surface area contributed by atoms with Gasteiger partial charge in [0.15, 0.2) is 0 Å². The number of nitrogens with zero attached hydrogens (tertiary/aromatic N) is 1. The van der Waals surface area contributed by atoms with E-state index in [1.54, 1.807) is 6.07 Å². The van der Waals surface area contributed by atoms with Crippen molar-refractivity contribution in [3.63, 3.8) is 0 Å². The summed E-state index contributed by atoms with van der Waals surface area (Å²) in [6.07, 6.45) is 2.07. The third kappa shape index (κ3) is 5.83. The zero-order chi connectivity index (χ0) is 19.3. The number of hydrogen-bond acceptors (Lipinski definition) is 1. The molecule has 0 bridgehead atoms. The van der Waals surface area contributed by atoms with Gasteiger partial charge in [0.2, 0.25) is 0 Å². The van der Waals surface area contributed by atoms with E-state index in [4.69, 9.17) is 0 Å². The third-order valence-electron chi connectivity index (χ3n) is 5.51. The van der Waals surface area contributed by atoms with Crippen LogP contribution in [-0.4, -0.2) is 24.0 Å². The van der Waals surface area contributed by atoms with Gasteiger partial charge in [-0.3, -0.25) is 0 Å². The molecular weight excluding hydrogens is 347 g/mol. The minimum Gasteiger partial charge on any atom is -0.300 e. The number of alkyl halides is 3. The van der Waals surface area contributed by atoms with Crippen LogP contribution in [-0.2, 0) is 19.0 Å². The zero-order valence-electron chi connectivity index (χ0n) is 15.9. The Morgan fingerprint density at radius 3 is 2.52 bits per heavy atom. The SMILES string of the molecule is Cc1ccc(CC2CCCCN2CCCc2cccc(C(F)(F)F)c2)cc1. The van der Waals surface area contributed by atoms with Crippen molar-refractivity contribution >= 4 is 0 Å². The van der Waals surface area contributed by atoms with E-state index >= 15 is 0 Å². The topological polar surface area (TPSA) is 3.24 Å². The Bertz CT molecular complexity index is 721. The molecule has 0 N–H and O–H groups in total. The molecule has 27 heavy (non-hydrogen) atoms. The second-order valence-corrected chi connectivity index (χ2v) is 7.68. The monoisotopic (exact) mass is 375 g/mol. The maximum atomic E-state index is 12.9. The van der Waals surface area contributed by atoms with Gasteiger partial charge in [-0.1, -0.05) is 54.4 Å². The van der Waals surface area contributed by atoms with Crippen LogP contribution in [0, 0.1) is 6.92 Å². The average Bonchev–Trinajstić information content (AvgIpc) is 2.64. The molecule has 1 unspecified atom stereocenters. The predicted molar refractivity (Wildman–Crippen MR) is 104 cm³/mol. The largest absolute Gasteiger partial charge is 0.416 e. The third-order valence-corrected chi connectivity index (χ3v) is 5.51. The van der Waals surface area contributed by atoms with Crippen LogP contribution in [0.15, 0.2) is 48.5 Å². The van der Waals surface area contributed by atoms with E-state index < -0.39 is 11.7 Å². The van der Waals surface area contributed by atoms with E-state index in [1.165, 1.54) is 42.5 Å². The Morgan fingerprint density at radius 1 is 1.00 bits per heavy atom. The predicted octanol–water partition coefficient (Wildman–Crippen LogP) is 6.04. The summed E-state index contributed by atoms with van der Waals surface area (Å²) in [7, 11) is 0. The van der Waals surface area contributed by atoms with E-state index in [2.05, 4.69) is 36.1 Å². The number of benzene rings is 2. The minimum absolute atomic E-state index is 0.544. The highest BCUT2D eigenvalue weighted by molar-refractivity contribution is 5.26. The molecule has 1 aliphatic rings. The summed E-state index contributed by atoms with van der Waals surface area (Å²) in [5, 5.41) is 0. The second-order valence-electron chi connectivity index (χ2n) is 7.68. The number of rotatable bonds is 6. The summed E-state index contributed by atoms with van der Waals surface area (Å²) in [5.41, 5.74) is 2.88. The van der Waals surface area contributed by atoms with Crippen molar-refractivity contribution in [3.8, 4) is 0 Å². The van der Waals surface area contributed by atoms with E-state index in [0.29, 0.717) is 12.5 Å². The lowest BCUT2D eigenvalue weighted by Gasteiger charge is -2.36. The van der Waals surface area contributed by atoms with Crippen molar-refractivity contribution in [2.75, 3.05) is 13.1 Å². The molecule has 146 valence electrons. The maximum Gasteiger partial charge on any atom is 0.416 e. The maximum absolute atomic E-state index is 12.9. The van der Waals surface area contributed by atoms with Crippen LogP contribution in [0.5, 0.6) is 0 Å². The molecule has 2 aromatic rings. The standard InChI is InChI=1S/C23H28F3N/c1-18-10-12-20(13-11-18)17-22-9-2-3-14-27(22)15-5-7-19-6-4-8-21(16-19)23(24,25)26/h4,6,8,10-13,16,22H,2-3,5,7,9,14-15,17H2,1H3. The summed E-state index contributed by atoms with van der Waals surface area (Å²) < 4.78 is 38.6. The molecule has 1 atom stereocenters. The Labute approximate surface area is 160 Å². The molecule has 0 radical (unpaired) electrons. The Balaban J connectivity index is 1.55. The molecule has 1 nitrogen and oxygen atoms in total. The van der Waals surface area contributed by atoms with Crippen LogP contribution >= 0.6 is 0 Å². The summed E-state index contributed by atoms with van der Waals surface area (Å²) >= 11 is 0. The molecule has 1 fully saturated rings. The molecule has 0 saturated carbocycles. The lowest BCUT2D eigenvalue weighted by Crippen LogP contribution is -2.41. The van der Waals surface area contributed by atoms with Crippen molar-refractivity contribution in [2.24, 2.45) is 0 Å². The fourth-order valence-corrected chi connectivity index (χ4v) is 3.97. The molecule has 1 heterocycles. The molecule has 3 rings (SSSR count). The smallest absolute Gasteiger partial charge is 0.300 e. The fraction of sp³-hybridized carbons (Fsp3) is 0.478. The van der Waals surface area contributed by atoms with Gasteiger partial charge in [0.25, 0.3) is 0 Å². The van der Waals surface area contributed by atoms with E-state index in [1.807, 2.05) is 0 Å². The second kappa shape index (κ2) is 8.92. The van der Waals surface area contributed by atoms with Crippen LogP contribution in [0.1, 0.15) is 47.9 Å². The first-order valence-electron chi connectivity index (χ1n) is 9.87. The van der Waals surface area contributed by atoms with Crippen LogP contribution in [0.2, 0.25) is 0 Å². The van der Waals surface area contributed by atoms with Gasteiger partial charge in [-0.2, -0.15) is 13.2 Å². The molecular formula is C23H28F3N. The highest BCUT2D eigenvalue weighted by Gasteiger charge is 2.30. The number of halogens is 3. The van der Waals surface area contributed by atoms with E-state index in [9.17, 15) is 13.2 Å². The van der Waals surface area contributed by atoms with Crippen LogP contribution in [0.25, 0.3) is 0 Å². The molecule has 1 aliphatic heterocycles. The molecule has 1 saturated heterocycles. The van der Waals surface area contributed by atoms with Crippen molar-refractivity contribution in [3.05, 3.63) is 70.8 Å². The zero-order valence-corrected chi connectivity index (χ0v) is 15.9. The molecule has 0 aliphatic carbocycles. The van der Waals surface area contributed by atoms with Crippen LogP contribution in [0.3, 0.4) is 0 Å². The summed E-state index contributed by atoms with van der Waals surface area (Å²) in [4.78, 5) is 2.54. The normalized spacial score (nSPS) is 18.6. The summed E-state index contributed by atoms with van der Waals surface area (Å²) in [6, 6.07) is 15.0. The van der Waals surface area contributed by atoms with Gasteiger partial charge in [-0.25, -0.2) is 0 Å². The Hall–Kier alpha value is -1.81. The molecule has 4 heteroatoms. The highest BCUT2D eigenvalue weighted by atomic mass is 19.4. The number of likely N-dealkylation sites (tertiary alicyclic amines) is 1. The van der Waals surface area contributed by atoms with E-state index in [-0.39, 0.29) is 0 Å². The Kier molecular flexibility index (Phi) is 6.59. The molecule has 0 spiro atoms. The van der Waals surface area contributed by atoms with Crippen LogP contribution < -0.4 is 0 Å². The molecule has 2 aromatic carbocycles. The van der Waals surface area contributed by atoms with Gasteiger partial charge in [0.05, 0.1) is 5.56 Å². The number of aryl methyl sites for hydroxylation is 2. The van der Waals surface area contributed by atoms with Gasteiger partial charge in [0, 0.05) is 6.04 Å². The summed E-state index contributed by atoms with van der Waals surface area (Å²) in [5.74, 6) is 0. The Morgan fingerprint density at radius 2 is 1.78 bits per heavy atom. The van der Waals surface area contributed by atoms with Gasteiger partial charge in [-0.15, -0.1) is 0 Å². The molecule has 0 aromatic heterocycles. The van der Waals surface area contributed by atoms with Gasteiger partial charge < -0.3 is 4.90 Å². The van der Waals surface area contributed by atoms with Crippen LogP contribution in [0.4, 0.5) is 13.2 Å². The highest BCUT2D eigenvalue weighted by Crippen LogP contribution is 2.30. The van der Waals surface area contributed by atoms with Crippen molar-refractivity contribution in [1.82, 2.24) is 4.90 Å². The average molecular weight is 375 g/mol. The van der Waals surface area contributed by atoms with E-state index in [0.717, 1.165) is 37.6 Å². The lowest BCUT2D eigenvalue weighted by molar-refractivity contribution is -0.137. The first-order valence-corrected chi connectivity index (χ1v) is 9.87. The van der Waals surface area contributed by atoms with Crippen molar-refractivity contribution in [2.45, 2.75) is 57.7 Å². The van der Waals surface area contributed by atoms with Crippen molar-refractivity contribution in [1.29, 1.82) is 0 Å². The van der Waals surface area contributed by atoms with Crippen molar-refractivity contribution < 1.29 is 13.2 Å². The first kappa shape index (κ1) is 19.9. The lowest BCUT2D eigenvalue weighted by atomic mass is 9.94. The van der Waals surface area contributed by atoms with Gasteiger partial charge in [0.1, 0.15) is 0 Å². The number of piperidine rings is 1.